The molecule has 28 heavy (non-hydrogen) atoms. The Kier molecular flexibility index (Phi) is 5.69. The van der Waals surface area contributed by atoms with E-state index in [0.717, 1.165) is 52.7 Å². The SMILES string of the molecule is CCOc1ccc2nc(N3CCC(C(=O)Nc4ccc(Cl)cc4)CC3)sc2c1. The van der Waals surface area contributed by atoms with Crippen LogP contribution in [-0.4, -0.2) is 30.6 Å². The van der Waals surface area contributed by atoms with Crippen molar-refractivity contribution in [1.29, 1.82) is 0 Å². The van der Waals surface area contributed by atoms with Gasteiger partial charge in [-0.25, -0.2) is 4.98 Å². The maximum absolute atomic E-state index is 12.5. The van der Waals surface area contributed by atoms with E-state index in [1.54, 1.807) is 23.5 Å². The Morgan fingerprint density at radius 2 is 2.00 bits per heavy atom. The lowest BCUT2D eigenvalue weighted by molar-refractivity contribution is -0.120. The molecule has 1 aliphatic rings. The summed E-state index contributed by atoms with van der Waals surface area (Å²) in [6.45, 7) is 4.30. The molecule has 0 atom stereocenters. The monoisotopic (exact) mass is 415 g/mol. The van der Waals surface area contributed by atoms with Gasteiger partial charge in [0.15, 0.2) is 5.13 Å². The number of ether oxygens (including phenoxy) is 1. The fourth-order valence-corrected chi connectivity index (χ4v) is 4.57. The van der Waals surface area contributed by atoms with E-state index in [4.69, 9.17) is 21.3 Å². The molecule has 0 radical (unpaired) electrons. The Hall–Kier alpha value is -2.31. The molecular formula is C21H22ClN3O2S. The van der Waals surface area contributed by atoms with Gasteiger partial charge in [0, 0.05) is 29.7 Å². The molecule has 3 aromatic rings. The third-order valence-corrected chi connectivity index (χ3v) is 6.24. The van der Waals surface area contributed by atoms with E-state index in [-0.39, 0.29) is 11.8 Å². The van der Waals surface area contributed by atoms with Crippen LogP contribution in [0.1, 0.15) is 19.8 Å². The van der Waals surface area contributed by atoms with Gasteiger partial charge in [0.2, 0.25) is 5.91 Å². The minimum Gasteiger partial charge on any atom is -0.494 e. The molecule has 2 heterocycles. The third-order valence-electron chi connectivity index (χ3n) is 4.91. The summed E-state index contributed by atoms with van der Waals surface area (Å²) >= 11 is 7.57. The van der Waals surface area contributed by atoms with Crippen LogP contribution in [0, 0.1) is 5.92 Å². The van der Waals surface area contributed by atoms with Crippen LogP contribution in [0.3, 0.4) is 0 Å². The molecule has 1 aliphatic heterocycles. The summed E-state index contributed by atoms with van der Waals surface area (Å²) in [6, 6.07) is 13.2. The molecule has 0 aliphatic carbocycles. The number of anilines is 2. The fourth-order valence-electron chi connectivity index (χ4n) is 3.39. The first kappa shape index (κ1) is 19.0. The molecule has 7 heteroatoms. The van der Waals surface area contributed by atoms with Gasteiger partial charge in [-0.3, -0.25) is 4.79 Å². The van der Waals surface area contributed by atoms with Crippen LogP contribution < -0.4 is 15.0 Å². The van der Waals surface area contributed by atoms with Gasteiger partial charge in [-0.15, -0.1) is 0 Å². The van der Waals surface area contributed by atoms with Crippen molar-refractivity contribution in [2.24, 2.45) is 5.92 Å². The quantitative estimate of drug-likeness (QED) is 0.622. The number of aromatic nitrogens is 1. The Balaban J connectivity index is 1.37. The van der Waals surface area contributed by atoms with Crippen molar-refractivity contribution in [3.63, 3.8) is 0 Å². The summed E-state index contributed by atoms with van der Waals surface area (Å²) in [5.74, 6) is 0.973. The summed E-state index contributed by atoms with van der Waals surface area (Å²) in [5, 5.41) is 4.67. The fraction of sp³-hybridized carbons (Fsp3) is 0.333. The summed E-state index contributed by atoms with van der Waals surface area (Å²) in [4.78, 5) is 19.6. The molecule has 1 saturated heterocycles. The van der Waals surface area contributed by atoms with Gasteiger partial charge in [0.1, 0.15) is 5.75 Å². The van der Waals surface area contributed by atoms with Crippen LogP contribution >= 0.6 is 22.9 Å². The predicted octanol–water partition coefficient (Wildman–Crippen LogP) is 5.20. The molecule has 0 bridgehead atoms. The first-order chi connectivity index (χ1) is 13.6. The number of nitrogens with zero attached hydrogens (tertiary/aromatic N) is 2. The van der Waals surface area contributed by atoms with Crippen molar-refractivity contribution in [3.8, 4) is 5.75 Å². The van der Waals surface area contributed by atoms with Crippen molar-refractivity contribution in [3.05, 3.63) is 47.5 Å². The standard InChI is InChI=1S/C21H22ClN3O2S/c1-2-27-17-7-8-18-19(13-17)28-21(24-18)25-11-9-14(10-12-25)20(26)23-16-5-3-15(22)4-6-16/h3-8,13-14H,2,9-12H2,1H3,(H,23,26). The lowest BCUT2D eigenvalue weighted by Crippen LogP contribution is -2.38. The molecule has 2 aromatic carbocycles. The van der Waals surface area contributed by atoms with Crippen LogP contribution in [-0.2, 0) is 4.79 Å². The van der Waals surface area contributed by atoms with Gasteiger partial charge in [-0.05, 0) is 62.2 Å². The smallest absolute Gasteiger partial charge is 0.227 e. The molecule has 0 unspecified atom stereocenters. The van der Waals surface area contributed by atoms with Crippen molar-refractivity contribution in [1.82, 2.24) is 4.98 Å². The van der Waals surface area contributed by atoms with E-state index in [0.29, 0.717) is 11.6 Å². The lowest BCUT2D eigenvalue weighted by Gasteiger charge is -2.31. The molecule has 5 nitrogen and oxygen atoms in total. The van der Waals surface area contributed by atoms with E-state index >= 15 is 0 Å². The van der Waals surface area contributed by atoms with E-state index < -0.39 is 0 Å². The molecule has 4 rings (SSSR count). The molecule has 1 N–H and O–H groups in total. The minimum atomic E-state index is 0.0193. The molecule has 1 aromatic heterocycles. The second-order valence-electron chi connectivity index (χ2n) is 6.82. The summed E-state index contributed by atoms with van der Waals surface area (Å²) in [7, 11) is 0. The van der Waals surface area contributed by atoms with Crippen LogP contribution in [0.25, 0.3) is 10.2 Å². The molecule has 0 saturated carbocycles. The average Bonchev–Trinajstić information content (AvgIpc) is 3.13. The summed E-state index contributed by atoms with van der Waals surface area (Å²) in [5.41, 5.74) is 1.78. The Morgan fingerprint density at radius 3 is 2.71 bits per heavy atom. The van der Waals surface area contributed by atoms with Crippen molar-refractivity contribution in [2.75, 3.05) is 29.9 Å². The summed E-state index contributed by atoms with van der Waals surface area (Å²) < 4.78 is 6.71. The van der Waals surface area contributed by atoms with Crippen molar-refractivity contribution in [2.45, 2.75) is 19.8 Å². The van der Waals surface area contributed by atoms with Crippen LogP contribution in [0.15, 0.2) is 42.5 Å². The van der Waals surface area contributed by atoms with Crippen LogP contribution in [0.2, 0.25) is 5.02 Å². The van der Waals surface area contributed by atoms with Crippen molar-refractivity contribution < 1.29 is 9.53 Å². The van der Waals surface area contributed by atoms with Gasteiger partial charge >= 0.3 is 0 Å². The Bertz CT molecular complexity index is 965. The highest BCUT2D eigenvalue weighted by Crippen LogP contribution is 2.33. The number of halogens is 1. The van der Waals surface area contributed by atoms with Gasteiger partial charge in [-0.2, -0.15) is 0 Å². The number of carbonyl (C=O) groups is 1. The maximum Gasteiger partial charge on any atom is 0.227 e. The molecule has 1 fully saturated rings. The largest absolute Gasteiger partial charge is 0.494 e. The second kappa shape index (κ2) is 8.37. The Morgan fingerprint density at radius 1 is 1.25 bits per heavy atom. The summed E-state index contributed by atoms with van der Waals surface area (Å²) in [6.07, 6.45) is 1.64. The minimum absolute atomic E-state index is 0.0193. The zero-order valence-electron chi connectivity index (χ0n) is 15.7. The highest BCUT2D eigenvalue weighted by molar-refractivity contribution is 7.22. The highest BCUT2D eigenvalue weighted by Gasteiger charge is 2.26. The number of benzene rings is 2. The molecular weight excluding hydrogens is 394 g/mol. The number of thiazole rings is 1. The van der Waals surface area contributed by atoms with Crippen LogP contribution in [0.4, 0.5) is 10.8 Å². The van der Waals surface area contributed by atoms with E-state index in [1.165, 1.54) is 0 Å². The first-order valence-electron chi connectivity index (χ1n) is 9.47. The van der Waals surface area contributed by atoms with E-state index in [1.807, 2.05) is 37.3 Å². The average molecular weight is 416 g/mol. The third kappa shape index (κ3) is 4.23. The molecule has 146 valence electrons. The number of hydrogen-bond donors (Lipinski definition) is 1. The van der Waals surface area contributed by atoms with Crippen molar-refractivity contribution >= 4 is 49.9 Å². The highest BCUT2D eigenvalue weighted by atomic mass is 35.5. The molecule has 0 spiro atoms. The number of rotatable bonds is 5. The number of nitrogens with one attached hydrogen (secondary N) is 1. The van der Waals surface area contributed by atoms with Gasteiger partial charge in [0.25, 0.3) is 0 Å². The number of amides is 1. The normalized spacial score (nSPS) is 15.0. The number of fused-ring (bicyclic) bond motifs is 1. The van der Waals surface area contributed by atoms with Crippen LogP contribution in [0.5, 0.6) is 5.75 Å². The Labute approximate surface area is 173 Å². The number of piperidine rings is 1. The lowest BCUT2D eigenvalue weighted by atomic mass is 9.96. The van der Waals surface area contributed by atoms with Gasteiger partial charge in [0.05, 0.1) is 16.8 Å². The number of carbonyl (C=O) groups excluding carboxylic acids is 1. The second-order valence-corrected chi connectivity index (χ2v) is 8.26. The zero-order valence-corrected chi connectivity index (χ0v) is 17.2. The first-order valence-corrected chi connectivity index (χ1v) is 10.7. The van der Waals surface area contributed by atoms with Gasteiger partial charge in [-0.1, -0.05) is 22.9 Å². The maximum atomic E-state index is 12.5. The van der Waals surface area contributed by atoms with Gasteiger partial charge < -0.3 is 15.0 Å². The molecule has 1 amide bonds. The zero-order chi connectivity index (χ0) is 19.5. The predicted molar refractivity (Wildman–Crippen MR) is 116 cm³/mol. The number of hydrogen-bond acceptors (Lipinski definition) is 5. The topological polar surface area (TPSA) is 54.5 Å². The van der Waals surface area contributed by atoms with E-state index in [2.05, 4.69) is 10.2 Å². The van der Waals surface area contributed by atoms with E-state index in [9.17, 15) is 4.79 Å².